The summed E-state index contributed by atoms with van der Waals surface area (Å²) in [5, 5.41) is 0. The fraction of sp³-hybridized carbons (Fsp3) is 0.929. The lowest BCUT2D eigenvalue weighted by Gasteiger charge is -2.38. The quantitative estimate of drug-likeness (QED) is 0.705. The number of hydrogen-bond acceptors (Lipinski definition) is 3. The van der Waals surface area contributed by atoms with Crippen molar-refractivity contribution >= 4 is 6.29 Å². The lowest BCUT2D eigenvalue weighted by atomic mass is 9.74. The Morgan fingerprint density at radius 2 is 2.06 bits per heavy atom. The van der Waals surface area contributed by atoms with Gasteiger partial charge >= 0.3 is 0 Å². The molecule has 0 aromatic rings. The van der Waals surface area contributed by atoms with Crippen LogP contribution in [-0.4, -0.2) is 43.5 Å². The number of nitrogens with zero attached hydrogens (tertiary/aromatic N) is 1. The predicted octanol–water partition coefficient (Wildman–Crippen LogP) is 2.25. The molecule has 98 valence electrons. The molecule has 2 unspecified atom stereocenters. The zero-order valence-electron chi connectivity index (χ0n) is 11.2. The van der Waals surface area contributed by atoms with Gasteiger partial charge < -0.3 is 9.53 Å². The van der Waals surface area contributed by atoms with Gasteiger partial charge in [-0.3, -0.25) is 4.90 Å². The molecule has 1 saturated heterocycles. The largest absolute Gasteiger partial charge is 0.377 e. The van der Waals surface area contributed by atoms with E-state index < -0.39 is 0 Å². The second kappa shape index (κ2) is 5.49. The number of likely N-dealkylation sites (N-methyl/N-ethyl adjacent to an activating group) is 1. The predicted molar refractivity (Wildman–Crippen MR) is 68.0 cm³/mol. The second-order valence-corrected chi connectivity index (χ2v) is 5.89. The van der Waals surface area contributed by atoms with Crippen molar-refractivity contribution in [1.82, 2.24) is 4.90 Å². The average molecular weight is 239 g/mol. The molecule has 0 amide bonds. The van der Waals surface area contributed by atoms with Crippen molar-refractivity contribution in [1.29, 1.82) is 0 Å². The molecule has 2 fully saturated rings. The number of ether oxygens (including phenoxy) is 1. The first-order valence-electron chi connectivity index (χ1n) is 6.95. The molecule has 17 heavy (non-hydrogen) atoms. The summed E-state index contributed by atoms with van der Waals surface area (Å²) in [5.74, 6) is 0. The third kappa shape index (κ3) is 2.89. The van der Waals surface area contributed by atoms with E-state index in [1.165, 1.54) is 25.5 Å². The van der Waals surface area contributed by atoms with Gasteiger partial charge in [0.05, 0.1) is 6.10 Å². The van der Waals surface area contributed by atoms with E-state index in [4.69, 9.17) is 4.74 Å². The van der Waals surface area contributed by atoms with E-state index in [0.717, 1.165) is 32.4 Å². The Labute approximate surface area is 105 Å². The Balaban J connectivity index is 1.95. The highest BCUT2D eigenvalue weighted by atomic mass is 16.5. The van der Waals surface area contributed by atoms with Gasteiger partial charge in [-0.25, -0.2) is 0 Å². The zero-order chi connectivity index (χ0) is 12.3. The first kappa shape index (κ1) is 13.0. The Kier molecular flexibility index (Phi) is 4.21. The summed E-state index contributed by atoms with van der Waals surface area (Å²) in [5.41, 5.74) is -0.0741. The van der Waals surface area contributed by atoms with Crippen LogP contribution < -0.4 is 0 Å². The molecule has 3 heteroatoms. The third-order valence-electron chi connectivity index (χ3n) is 4.57. The molecular weight excluding hydrogens is 214 g/mol. The van der Waals surface area contributed by atoms with Crippen LogP contribution in [0.1, 0.15) is 45.4 Å². The van der Waals surface area contributed by atoms with Crippen LogP contribution in [0, 0.1) is 5.41 Å². The summed E-state index contributed by atoms with van der Waals surface area (Å²) in [6.07, 6.45) is 8.50. The summed E-state index contributed by atoms with van der Waals surface area (Å²) in [6.45, 7) is 3.92. The number of carbonyl (C=O) groups excluding carboxylic acids is 1. The van der Waals surface area contributed by atoms with Crippen molar-refractivity contribution < 1.29 is 9.53 Å². The highest BCUT2D eigenvalue weighted by molar-refractivity contribution is 5.60. The van der Waals surface area contributed by atoms with Crippen LogP contribution in [0.4, 0.5) is 0 Å². The van der Waals surface area contributed by atoms with Gasteiger partial charge in [-0.2, -0.15) is 0 Å². The normalized spacial score (nSPS) is 32.9. The molecule has 3 nitrogen and oxygen atoms in total. The highest BCUT2D eigenvalue weighted by Gasteiger charge is 2.36. The number of carbonyl (C=O) groups is 1. The second-order valence-electron chi connectivity index (χ2n) is 5.89. The molecule has 1 saturated carbocycles. The summed E-state index contributed by atoms with van der Waals surface area (Å²) >= 11 is 0. The van der Waals surface area contributed by atoms with Crippen LogP contribution in [0.15, 0.2) is 0 Å². The fourth-order valence-corrected chi connectivity index (χ4v) is 3.48. The Hall–Kier alpha value is -0.410. The van der Waals surface area contributed by atoms with Crippen LogP contribution in [0.5, 0.6) is 0 Å². The molecule has 0 bridgehead atoms. The van der Waals surface area contributed by atoms with Crippen molar-refractivity contribution in [3.63, 3.8) is 0 Å². The van der Waals surface area contributed by atoms with Gasteiger partial charge in [0.25, 0.3) is 0 Å². The molecule has 2 atom stereocenters. The molecule has 0 N–H and O–H groups in total. The van der Waals surface area contributed by atoms with Gasteiger partial charge in [-0.1, -0.05) is 19.3 Å². The zero-order valence-corrected chi connectivity index (χ0v) is 11.2. The maximum Gasteiger partial charge on any atom is 0.127 e. The Bertz CT molecular complexity index is 261. The maximum atomic E-state index is 11.5. The summed E-state index contributed by atoms with van der Waals surface area (Å²) in [6, 6.07) is 0.494. The van der Waals surface area contributed by atoms with E-state index >= 15 is 0 Å². The molecule has 2 aliphatic rings. The van der Waals surface area contributed by atoms with Crippen molar-refractivity contribution in [2.24, 2.45) is 5.41 Å². The minimum absolute atomic E-state index is 0.0741. The van der Waals surface area contributed by atoms with E-state index in [1.807, 2.05) is 0 Å². The molecule has 2 rings (SSSR count). The van der Waals surface area contributed by atoms with Crippen LogP contribution in [0.3, 0.4) is 0 Å². The number of hydrogen-bond donors (Lipinski definition) is 0. The fourth-order valence-electron chi connectivity index (χ4n) is 3.48. The lowest BCUT2D eigenvalue weighted by molar-refractivity contribution is -0.119. The van der Waals surface area contributed by atoms with Gasteiger partial charge in [0.2, 0.25) is 0 Å². The van der Waals surface area contributed by atoms with Crippen molar-refractivity contribution in [2.45, 2.75) is 57.6 Å². The van der Waals surface area contributed by atoms with Gasteiger partial charge in [-0.15, -0.1) is 0 Å². The maximum absolute atomic E-state index is 11.5. The molecule has 0 radical (unpaired) electrons. The Morgan fingerprint density at radius 1 is 1.35 bits per heavy atom. The van der Waals surface area contributed by atoms with Gasteiger partial charge in [-0.05, 0) is 33.2 Å². The molecule has 1 aliphatic carbocycles. The minimum atomic E-state index is -0.0741. The average Bonchev–Trinajstić information content (AvgIpc) is 2.77. The first-order valence-corrected chi connectivity index (χ1v) is 6.95. The van der Waals surface area contributed by atoms with Crippen molar-refractivity contribution in [2.75, 3.05) is 20.2 Å². The summed E-state index contributed by atoms with van der Waals surface area (Å²) in [4.78, 5) is 13.8. The molecule has 0 spiro atoms. The van der Waals surface area contributed by atoms with Crippen LogP contribution in [0.2, 0.25) is 0 Å². The van der Waals surface area contributed by atoms with E-state index in [-0.39, 0.29) is 5.41 Å². The highest BCUT2D eigenvalue weighted by Crippen LogP contribution is 2.36. The first-order chi connectivity index (χ1) is 8.17. The molecule has 0 aromatic carbocycles. The van der Waals surface area contributed by atoms with E-state index in [2.05, 4.69) is 18.9 Å². The summed E-state index contributed by atoms with van der Waals surface area (Å²) < 4.78 is 5.61. The molecular formula is C14H25NO2. The third-order valence-corrected chi connectivity index (χ3v) is 4.57. The van der Waals surface area contributed by atoms with E-state index in [9.17, 15) is 4.79 Å². The number of aldehydes is 1. The monoisotopic (exact) mass is 239 g/mol. The van der Waals surface area contributed by atoms with Crippen LogP contribution >= 0.6 is 0 Å². The Morgan fingerprint density at radius 3 is 2.59 bits per heavy atom. The van der Waals surface area contributed by atoms with Crippen LogP contribution in [-0.2, 0) is 9.53 Å². The molecule has 1 aliphatic heterocycles. The van der Waals surface area contributed by atoms with Gasteiger partial charge in [0.15, 0.2) is 0 Å². The lowest BCUT2D eigenvalue weighted by Crippen LogP contribution is -2.45. The topological polar surface area (TPSA) is 29.5 Å². The smallest absolute Gasteiger partial charge is 0.127 e. The van der Waals surface area contributed by atoms with E-state index in [1.54, 1.807) is 0 Å². The minimum Gasteiger partial charge on any atom is -0.377 e. The van der Waals surface area contributed by atoms with Crippen LogP contribution in [0.25, 0.3) is 0 Å². The number of rotatable bonds is 4. The van der Waals surface area contributed by atoms with E-state index in [0.29, 0.717) is 12.1 Å². The van der Waals surface area contributed by atoms with Crippen molar-refractivity contribution in [3.05, 3.63) is 0 Å². The molecule has 0 aromatic heterocycles. The van der Waals surface area contributed by atoms with Gasteiger partial charge in [0, 0.05) is 24.6 Å². The van der Waals surface area contributed by atoms with Crippen molar-refractivity contribution in [3.8, 4) is 0 Å². The SMILES string of the molecule is CC1OCCC1N(C)CC1(C=O)CCCCC1. The van der Waals surface area contributed by atoms with Gasteiger partial charge in [0.1, 0.15) is 6.29 Å². The standard InChI is InChI=1S/C14H25NO2/c1-12-13(6-9-17-12)15(2)10-14(11-16)7-4-3-5-8-14/h11-13H,3-10H2,1-2H3. The summed E-state index contributed by atoms with van der Waals surface area (Å²) in [7, 11) is 2.15. The molecule has 1 heterocycles.